The molecule has 3 heterocycles. The molecule has 4 rings (SSSR count). The number of hydrogen-bond acceptors (Lipinski definition) is 7. The number of nitrogens with zero attached hydrogens (tertiary/aromatic N) is 5. The van der Waals surface area contributed by atoms with Crippen LogP contribution in [0.25, 0.3) is 5.70 Å². The maximum absolute atomic E-state index is 14.5. The standard InChI is InChI=1S/C25H28F3N7O2/c1-30-24(16(10-29)12-33(2)3)21-9-23(20(28)11-31-21)37-19-13-34(14-19)25(36)35-22(4-5-32-35)15-6-17(26)8-18(27)7-15/h5-11,19,22,29-30H,4,12-14H2,1-3H3/b24-16+,29-10?/t22-/m0/s1. The van der Waals surface area contributed by atoms with Crippen LogP contribution in [0.1, 0.15) is 23.7 Å². The van der Waals surface area contributed by atoms with E-state index in [1.54, 1.807) is 7.05 Å². The van der Waals surface area contributed by atoms with E-state index in [2.05, 4.69) is 15.4 Å². The van der Waals surface area contributed by atoms with Crippen molar-refractivity contribution in [1.29, 1.82) is 5.41 Å². The molecule has 2 N–H and O–H groups in total. The molecule has 0 unspecified atom stereocenters. The molecule has 1 aromatic carbocycles. The van der Waals surface area contributed by atoms with Crippen LogP contribution in [0.2, 0.25) is 0 Å². The molecular formula is C25H28F3N7O2. The van der Waals surface area contributed by atoms with E-state index < -0.39 is 35.6 Å². The zero-order chi connectivity index (χ0) is 26.7. The molecule has 0 radical (unpaired) electrons. The summed E-state index contributed by atoms with van der Waals surface area (Å²) in [6, 6.07) is 3.56. The van der Waals surface area contributed by atoms with E-state index in [0.717, 1.165) is 12.3 Å². The average Bonchev–Trinajstić information content (AvgIpc) is 3.31. The summed E-state index contributed by atoms with van der Waals surface area (Å²) in [5.74, 6) is -2.12. The number of hydrogen-bond donors (Lipinski definition) is 2. The topological polar surface area (TPSA) is 97.2 Å². The molecule has 1 saturated heterocycles. The quantitative estimate of drug-likeness (QED) is 0.526. The number of urea groups is 1. The van der Waals surface area contributed by atoms with Gasteiger partial charge in [-0.15, -0.1) is 0 Å². The number of likely N-dealkylation sites (tertiary alicyclic amines) is 1. The van der Waals surface area contributed by atoms with Crippen LogP contribution in [0.5, 0.6) is 5.75 Å². The van der Waals surface area contributed by atoms with Crippen molar-refractivity contribution >= 4 is 24.2 Å². The van der Waals surface area contributed by atoms with Gasteiger partial charge in [-0.25, -0.2) is 23.0 Å². The summed E-state index contributed by atoms with van der Waals surface area (Å²) in [5.41, 5.74) is 1.97. The fourth-order valence-corrected chi connectivity index (χ4v) is 4.27. The fourth-order valence-electron chi connectivity index (χ4n) is 4.27. The zero-order valence-electron chi connectivity index (χ0n) is 20.7. The second kappa shape index (κ2) is 11.0. The van der Waals surface area contributed by atoms with Crippen molar-refractivity contribution in [2.45, 2.75) is 18.6 Å². The highest BCUT2D eigenvalue weighted by atomic mass is 19.1. The summed E-state index contributed by atoms with van der Waals surface area (Å²) in [5, 5.41) is 16.1. The van der Waals surface area contributed by atoms with E-state index in [4.69, 9.17) is 10.1 Å². The first kappa shape index (κ1) is 26.1. The minimum atomic E-state index is -0.726. The van der Waals surface area contributed by atoms with Crippen molar-refractivity contribution in [3.8, 4) is 5.75 Å². The Morgan fingerprint density at radius 2 is 1.92 bits per heavy atom. The van der Waals surface area contributed by atoms with Gasteiger partial charge in [-0.3, -0.25) is 4.98 Å². The molecule has 0 aliphatic carbocycles. The number of aromatic nitrogens is 1. The average molecular weight is 516 g/mol. The first-order chi connectivity index (χ1) is 17.7. The second-order valence-electron chi connectivity index (χ2n) is 9.06. The number of ether oxygens (including phenoxy) is 1. The van der Waals surface area contributed by atoms with Crippen LogP contribution in [0.15, 0.2) is 41.1 Å². The third-order valence-corrected chi connectivity index (χ3v) is 6.02. The van der Waals surface area contributed by atoms with Crippen molar-refractivity contribution in [1.82, 2.24) is 25.1 Å². The van der Waals surface area contributed by atoms with E-state index in [1.165, 1.54) is 40.5 Å². The van der Waals surface area contributed by atoms with E-state index in [-0.39, 0.29) is 18.8 Å². The Bertz CT molecular complexity index is 1220. The zero-order valence-corrected chi connectivity index (χ0v) is 20.7. The van der Waals surface area contributed by atoms with Gasteiger partial charge in [0.25, 0.3) is 0 Å². The maximum atomic E-state index is 14.5. The summed E-state index contributed by atoms with van der Waals surface area (Å²) in [6.45, 7) is 0.859. The lowest BCUT2D eigenvalue weighted by Gasteiger charge is -2.41. The molecule has 1 aromatic heterocycles. The Hall–Kier alpha value is -3.93. The van der Waals surface area contributed by atoms with Crippen LogP contribution < -0.4 is 10.1 Å². The molecular weight excluding hydrogens is 487 g/mol. The monoisotopic (exact) mass is 515 g/mol. The van der Waals surface area contributed by atoms with Gasteiger partial charge in [0.05, 0.1) is 36.7 Å². The molecule has 12 heteroatoms. The highest BCUT2D eigenvalue weighted by Crippen LogP contribution is 2.32. The van der Waals surface area contributed by atoms with Crippen LogP contribution in [-0.2, 0) is 0 Å². The third kappa shape index (κ3) is 5.74. The number of benzene rings is 1. The lowest BCUT2D eigenvalue weighted by atomic mass is 10.0. The molecule has 2 amide bonds. The molecule has 0 bridgehead atoms. The molecule has 0 spiro atoms. The molecule has 2 aliphatic heterocycles. The number of rotatable bonds is 8. The smallest absolute Gasteiger partial charge is 0.341 e. The minimum absolute atomic E-state index is 0.0173. The van der Waals surface area contributed by atoms with Crippen molar-refractivity contribution in [3.05, 3.63) is 64.7 Å². The highest BCUT2D eigenvalue weighted by Gasteiger charge is 2.39. The molecule has 2 aliphatic rings. The minimum Gasteiger partial charge on any atom is -0.483 e. The van der Waals surface area contributed by atoms with E-state index in [0.29, 0.717) is 35.5 Å². The molecule has 37 heavy (non-hydrogen) atoms. The van der Waals surface area contributed by atoms with Crippen molar-refractivity contribution in [2.75, 3.05) is 40.8 Å². The van der Waals surface area contributed by atoms with E-state index in [1.807, 2.05) is 19.0 Å². The molecule has 1 fully saturated rings. The Morgan fingerprint density at radius 1 is 1.22 bits per heavy atom. The van der Waals surface area contributed by atoms with Crippen LogP contribution in [-0.4, -0.2) is 85.1 Å². The van der Waals surface area contributed by atoms with Gasteiger partial charge < -0.3 is 25.3 Å². The third-order valence-electron chi connectivity index (χ3n) is 6.02. The Labute approximate surface area is 212 Å². The van der Waals surface area contributed by atoms with Crippen LogP contribution >= 0.6 is 0 Å². The number of hydrazone groups is 1. The number of pyridine rings is 1. The van der Waals surface area contributed by atoms with Gasteiger partial charge in [-0.2, -0.15) is 5.10 Å². The lowest BCUT2D eigenvalue weighted by molar-refractivity contribution is 0.0256. The van der Waals surface area contributed by atoms with E-state index in [9.17, 15) is 18.0 Å². The number of halogens is 3. The predicted molar refractivity (Wildman–Crippen MR) is 133 cm³/mol. The van der Waals surface area contributed by atoms with Gasteiger partial charge in [0, 0.05) is 50.1 Å². The Balaban J connectivity index is 1.43. The maximum Gasteiger partial charge on any atom is 0.341 e. The van der Waals surface area contributed by atoms with Gasteiger partial charge in [0.1, 0.15) is 17.7 Å². The molecule has 9 nitrogen and oxygen atoms in total. The highest BCUT2D eigenvalue weighted by molar-refractivity contribution is 5.88. The number of carbonyl (C=O) groups excluding carboxylic acids is 1. The van der Waals surface area contributed by atoms with Crippen molar-refractivity contribution < 1.29 is 22.7 Å². The van der Waals surface area contributed by atoms with Crippen LogP contribution in [0.3, 0.4) is 0 Å². The lowest BCUT2D eigenvalue weighted by Crippen LogP contribution is -2.58. The number of carbonyl (C=O) groups is 1. The summed E-state index contributed by atoms with van der Waals surface area (Å²) < 4.78 is 47.7. The van der Waals surface area contributed by atoms with Gasteiger partial charge in [0.2, 0.25) is 0 Å². The molecule has 196 valence electrons. The second-order valence-corrected chi connectivity index (χ2v) is 9.06. The van der Waals surface area contributed by atoms with Gasteiger partial charge in [-0.1, -0.05) is 0 Å². The Morgan fingerprint density at radius 3 is 2.54 bits per heavy atom. The summed E-state index contributed by atoms with van der Waals surface area (Å²) in [4.78, 5) is 20.5. The van der Waals surface area contributed by atoms with Crippen LogP contribution in [0.4, 0.5) is 18.0 Å². The number of nitrogens with one attached hydrogen (secondary N) is 2. The first-order valence-electron chi connectivity index (χ1n) is 11.7. The fraction of sp³-hybridized carbons (Fsp3) is 0.360. The SMILES string of the molecule is CN/C(=C(\C=N)CN(C)C)c1cc(OC2CN(C(=O)N3N=CC[C@H]3c3cc(F)cc(F)c3)C2)c(F)cn1. The van der Waals surface area contributed by atoms with Crippen molar-refractivity contribution in [2.24, 2.45) is 5.10 Å². The Kier molecular flexibility index (Phi) is 7.77. The summed E-state index contributed by atoms with van der Waals surface area (Å²) in [7, 11) is 5.44. The van der Waals surface area contributed by atoms with E-state index >= 15 is 0 Å². The largest absolute Gasteiger partial charge is 0.483 e. The normalized spacial score (nSPS) is 18.1. The summed E-state index contributed by atoms with van der Waals surface area (Å²) in [6.07, 6.45) is 3.68. The molecule has 0 saturated carbocycles. The first-order valence-corrected chi connectivity index (χ1v) is 11.7. The summed E-state index contributed by atoms with van der Waals surface area (Å²) >= 11 is 0. The number of likely N-dealkylation sites (N-methyl/N-ethyl adjacent to an activating group) is 1. The predicted octanol–water partition coefficient (Wildman–Crippen LogP) is 3.26. The van der Waals surface area contributed by atoms with Gasteiger partial charge >= 0.3 is 6.03 Å². The molecule has 1 atom stereocenters. The van der Waals surface area contributed by atoms with Crippen molar-refractivity contribution in [3.63, 3.8) is 0 Å². The van der Waals surface area contributed by atoms with Gasteiger partial charge in [0.15, 0.2) is 11.6 Å². The molecule has 2 aromatic rings. The number of amides is 2. The van der Waals surface area contributed by atoms with Crippen LogP contribution in [0, 0.1) is 22.9 Å². The van der Waals surface area contributed by atoms with Gasteiger partial charge in [-0.05, 0) is 31.8 Å².